The molecule has 2 N–H and O–H groups in total. The Kier molecular flexibility index (Phi) is 6.69. The van der Waals surface area contributed by atoms with Crippen molar-refractivity contribution in [2.24, 2.45) is 5.92 Å². The Morgan fingerprint density at radius 2 is 1.81 bits per heavy atom. The van der Waals surface area contributed by atoms with Crippen molar-refractivity contribution >= 4 is 23.0 Å². The standard InChI is InChI=1S/C22H30N4O/c1-17(2)10-11-24-22(27)18-14-20(16-23-15-18)25-19-6-8-21(9-7-19)26-12-4-3-5-13-26/h6-9,14-17,25H,3-5,10-13H2,1-2H3,(H,24,27). The van der Waals surface area contributed by atoms with Crippen molar-refractivity contribution in [3.63, 3.8) is 0 Å². The highest BCUT2D eigenvalue weighted by atomic mass is 16.1. The second-order valence-electron chi connectivity index (χ2n) is 7.62. The van der Waals surface area contributed by atoms with Crippen LogP contribution >= 0.6 is 0 Å². The van der Waals surface area contributed by atoms with E-state index in [1.807, 2.05) is 6.07 Å². The number of nitrogens with zero attached hydrogens (tertiary/aromatic N) is 2. The quantitative estimate of drug-likeness (QED) is 0.752. The van der Waals surface area contributed by atoms with Gasteiger partial charge in [-0.2, -0.15) is 0 Å². The van der Waals surface area contributed by atoms with E-state index in [0.29, 0.717) is 18.0 Å². The lowest BCUT2D eigenvalue weighted by atomic mass is 10.1. The first-order valence-corrected chi connectivity index (χ1v) is 9.97. The maximum absolute atomic E-state index is 12.3. The van der Waals surface area contributed by atoms with E-state index in [9.17, 15) is 4.79 Å². The van der Waals surface area contributed by atoms with Crippen LogP contribution in [-0.2, 0) is 0 Å². The number of hydrogen-bond donors (Lipinski definition) is 2. The molecule has 144 valence electrons. The average Bonchev–Trinajstić information content (AvgIpc) is 2.69. The summed E-state index contributed by atoms with van der Waals surface area (Å²) in [7, 11) is 0. The summed E-state index contributed by atoms with van der Waals surface area (Å²) >= 11 is 0. The maximum atomic E-state index is 12.3. The minimum Gasteiger partial charge on any atom is -0.372 e. The van der Waals surface area contributed by atoms with Crippen LogP contribution in [0.3, 0.4) is 0 Å². The molecule has 0 radical (unpaired) electrons. The Balaban J connectivity index is 1.59. The number of carbonyl (C=O) groups is 1. The summed E-state index contributed by atoms with van der Waals surface area (Å²) < 4.78 is 0. The minimum atomic E-state index is -0.0766. The number of pyridine rings is 1. The van der Waals surface area contributed by atoms with E-state index in [1.54, 1.807) is 12.4 Å². The van der Waals surface area contributed by atoms with E-state index in [4.69, 9.17) is 0 Å². The first-order chi connectivity index (χ1) is 13.1. The average molecular weight is 367 g/mol. The Morgan fingerprint density at radius 1 is 1.07 bits per heavy atom. The summed E-state index contributed by atoms with van der Waals surface area (Å²) in [6.07, 6.45) is 8.21. The zero-order chi connectivity index (χ0) is 19.1. The Morgan fingerprint density at radius 3 is 2.52 bits per heavy atom. The van der Waals surface area contributed by atoms with Crippen molar-refractivity contribution in [1.82, 2.24) is 10.3 Å². The van der Waals surface area contributed by atoms with Crippen LogP contribution < -0.4 is 15.5 Å². The van der Waals surface area contributed by atoms with Gasteiger partial charge in [-0.3, -0.25) is 9.78 Å². The zero-order valence-corrected chi connectivity index (χ0v) is 16.4. The van der Waals surface area contributed by atoms with Crippen LogP contribution in [0.2, 0.25) is 0 Å². The maximum Gasteiger partial charge on any atom is 0.252 e. The fourth-order valence-corrected chi connectivity index (χ4v) is 3.28. The third-order valence-corrected chi connectivity index (χ3v) is 4.88. The molecule has 0 spiro atoms. The summed E-state index contributed by atoms with van der Waals surface area (Å²) in [6, 6.07) is 10.3. The molecule has 5 heteroatoms. The van der Waals surface area contributed by atoms with Crippen LogP contribution in [0.5, 0.6) is 0 Å². The largest absolute Gasteiger partial charge is 0.372 e. The smallest absolute Gasteiger partial charge is 0.252 e. The summed E-state index contributed by atoms with van der Waals surface area (Å²) in [5.41, 5.74) is 3.66. The third-order valence-electron chi connectivity index (χ3n) is 4.88. The molecule has 1 fully saturated rings. The third kappa shape index (κ3) is 5.71. The summed E-state index contributed by atoms with van der Waals surface area (Å²) in [4.78, 5) is 18.9. The summed E-state index contributed by atoms with van der Waals surface area (Å²) in [5.74, 6) is 0.497. The predicted molar refractivity (Wildman–Crippen MR) is 112 cm³/mol. The van der Waals surface area contributed by atoms with Gasteiger partial charge in [0.2, 0.25) is 0 Å². The molecular weight excluding hydrogens is 336 g/mol. The molecule has 0 aliphatic carbocycles. The van der Waals surface area contributed by atoms with Gasteiger partial charge in [-0.05, 0) is 61.9 Å². The molecule has 0 unspecified atom stereocenters. The van der Waals surface area contributed by atoms with Gasteiger partial charge < -0.3 is 15.5 Å². The molecule has 2 aromatic rings. The van der Waals surface area contributed by atoms with Gasteiger partial charge in [0.05, 0.1) is 17.4 Å². The highest BCUT2D eigenvalue weighted by Gasteiger charge is 2.11. The van der Waals surface area contributed by atoms with Gasteiger partial charge in [-0.25, -0.2) is 0 Å². The number of anilines is 3. The number of rotatable bonds is 7. The van der Waals surface area contributed by atoms with E-state index in [0.717, 1.165) is 30.9 Å². The molecule has 1 aromatic carbocycles. The van der Waals surface area contributed by atoms with Crippen LogP contribution in [-0.4, -0.2) is 30.5 Å². The number of amides is 1. The van der Waals surface area contributed by atoms with Crippen molar-refractivity contribution in [2.75, 3.05) is 29.9 Å². The summed E-state index contributed by atoms with van der Waals surface area (Å²) in [5, 5.41) is 6.30. The van der Waals surface area contributed by atoms with Crippen molar-refractivity contribution in [2.45, 2.75) is 39.5 Å². The molecule has 1 amide bonds. The second kappa shape index (κ2) is 9.40. The lowest BCUT2D eigenvalue weighted by Gasteiger charge is -2.28. The van der Waals surface area contributed by atoms with Crippen LogP contribution in [0.4, 0.5) is 17.1 Å². The van der Waals surface area contributed by atoms with Crippen molar-refractivity contribution < 1.29 is 4.79 Å². The van der Waals surface area contributed by atoms with Crippen LogP contribution in [0.1, 0.15) is 49.9 Å². The topological polar surface area (TPSA) is 57.3 Å². The number of nitrogens with one attached hydrogen (secondary N) is 2. The first kappa shape index (κ1) is 19.2. The lowest BCUT2D eigenvalue weighted by molar-refractivity contribution is 0.0951. The SMILES string of the molecule is CC(C)CCNC(=O)c1cncc(Nc2ccc(N3CCCCC3)cc2)c1. The van der Waals surface area contributed by atoms with Crippen LogP contribution in [0, 0.1) is 5.92 Å². The van der Waals surface area contributed by atoms with Gasteiger partial charge in [0.1, 0.15) is 0 Å². The number of benzene rings is 1. The van der Waals surface area contributed by atoms with Crippen molar-refractivity contribution in [3.8, 4) is 0 Å². The normalized spacial score (nSPS) is 14.3. The minimum absolute atomic E-state index is 0.0766. The zero-order valence-electron chi connectivity index (χ0n) is 16.4. The molecule has 1 aliphatic heterocycles. The molecule has 0 bridgehead atoms. The van der Waals surface area contributed by atoms with Crippen LogP contribution in [0.15, 0.2) is 42.7 Å². The molecule has 3 rings (SSSR count). The van der Waals surface area contributed by atoms with Gasteiger partial charge in [0.15, 0.2) is 0 Å². The number of carbonyl (C=O) groups excluding carboxylic acids is 1. The molecule has 2 heterocycles. The number of hydrogen-bond acceptors (Lipinski definition) is 4. The Hall–Kier alpha value is -2.56. The van der Waals surface area contributed by atoms with E-state index in [-0.39, 0.29) is 5.91 Å². The highest BCUT2D eigenvalue weighted by molar-refractivity contribution is 5.94. The van der Waals surface area contributed by atoms with Gasteiger partial charge in [-0.1, -0.05) is 13.8 Å². The molecule has 1 aromatic heterocycles. The molecule has 0 atom stereocenters. The Labute approximate surface area is 162 Å². The molecule has 1 saturated heterocycles. The Bertz CT molecular complexity index is 736. The molecule has 5 nitrogen and oxygen atoms in total. The molecule has 27 heavy (non-hydrogen) atoms. The van der Waals surface area contributed by atoms with Crippen LogP contribution in [0.25, 0.3) is 0 Å². The molecule has 1 aliphatic rings. The fraction of sp³-hybridized carbons (Fsp3) is 0.455. The fourth-order valence-electron chi connectivity index (χ4n) is 3.28. The molecular formula is C22H30N4O. The first-order valence-electron chi connectivity index (χ1n) is 9.97. The van der Waals surface area contributed by atoms with E-state index in [2.05, 4.69) is 58.6 Å². The van der Waals surface area contributed by atoms with E-state index < -0.39 is 0 Å². The van der Waals surface area contributed by atoms with Gasteiger partial charge in [0, 0.05) is 37.2 Å². The van der Waals surface area contributed by atoms with Crippen molar-refractivity contribution in [3.05, 3.63) is 48.3 Å². The summed E-state index contributed by atoms with van der Waals surface area (Å²) in [6.45, 7) is 7.27. The number of aromatic nitrogens is 1. The lowest BCUT2D eigenvalue weighted by Crippen LogP contribution is -2.29. The second-order valence-corrected chi connectivity index (χ2v) is 7.62. The van der Waals surface area contributed by atoms with E-state index >= 15 is 0 Å². The van der Waals surface area contributed by atoms with Crippen molar-refractivity contribution in [1.29, 1.82) is 0 Å². The van der Waals surface area contributed by atoms with Gasteiger partial charge in [-0.15, -0.1) is 0 Å². The van der Waals surface area contributed by atoms with E-state index in [1.165, 1.54) is 24.9 Å². The van der Waals surface area contributed by atoms with Gasteiger partial charge in [0.25, 0.3) is 5.91 Å². The highest BCUT2D eigenvalue weighted by Crippen LogP contribution is 2.23. The van der Waals surface area contributed by atoms with Gasteiger partial charge >= 0.3 is 0 Å². The predicted octanol–water partition coefficient (Wildman–Crippen LogP) is 4.59. The molecule has 0 saturated carbocycles. The monoisotopic (exact) mass is 366 g/mol. The number of piperidine rings is 1.